The Morgan fingerprint density at radius 2 is 2.20 bits per heavy atom. The summed E-state index contributed by atoms with van der Waals surface area (Å²) in [6.45, 7) is 6.29. The van der Waals surface area contributed by atoms with Gasteiger partial charge in [0, 0.05) is 29.8 Å². The van der Waals surface area contributed by atoms with Gasteiger partial charge >= 0.3 is 0 Å². The summed E-state index contributed by atoms with van der Waals surface area (Å²) < 4.78 is 0. The molecule has 82 valence electrons. The molecule has 1 heterocycles. The van der Waals surface area contributed by atoms with Crippen LogP contribution in [0.5, 0.6) is 0 Å². The Labute approximate surface area is 91.1 Å². The molecular formula is C12H19N3. The first-order valence-electron chi connectivity index (χ1n) is 5.66. The molecule has 1 aromatic rings. The number of hydrogen-bond donors (Lipinski definition) is 1. The van der Waals surface area contributed by atoms with Crippen LogP contribution in [0.2, 0.25) is 0 Å². The minimum atomic E-state index is 0.170. The molecule has 1 saturated carbocycles. The van der Waals surface area contributed by atoms with Crippen LogP contribution in [-0.4, -0.2) is 16.0 Å². The van der Waals surface area contributed by atoms with E-state index < -0.39 is 0 Å². The Morgan fingerprint density at radius 1 is 1.53 bits per heavy atom. The lowest BCUT2D eigenvalue weighted by atomic mass is 10.1. The first-order valence-corrected chi connectivity index (χ1v) is 5.66. The molecule has 3 unspecified atom stereocenters. The van der Waals surface area contributed by atoms with Crippen LogP contribution in [0.15, 0.2) is 6.07 Å². The average molecular weight is 205 g/mol. The van der Waals surface area contributed by atoms with E-state index in [0.717, 1.165) is 29.6 Å². The maximum absolute atomic E-state index is 5.78. The summed E-state index contributed by atoms with van der Waals surface area (Å²) in [7, 11) is 0. The topological polar surface area (TPSA) is 51.8 Å². The summed E-state index contributed by atoms with van der Waals surface area (Å²) in [6.07, 6.45) is 2.08. The summed E-state index contributed by atoms with van der Waals surface area (Å²) in [5, 5.41) is 0. The summed E-state index contributed by atoms with van der Waals surface area (Å²) in [4.78, 5) is 9.10. The maximum Gasteiger partial charge on any atom is 0.132 e. The summed E-state index contributed by atoms with van der Waals surface area (Å²) in [5.74, 6) is 2.38. The lowest BCUT2D eigenvalue weighted by Gasteiger charge is -2.07. The molecular weight excluding hydrogens is 186 g/mol. The van der Waals surface area contributed by atoms with Gasteiger partial charge in [-0.15, -0.1) is 0 Å². The van der Waals surface area contributed by atoms with Gasteiger partial charge in [-0.25, -0.2) is 9.97 Å². The molecule has 1 aliphatic rings. The van der Waals surface area contributed by atoms with Crippen LogP contribution in [0.4, 0.5) is 0 Å². The Hall–Kier alpha value is -0.960. The van der Waals surface area contributed by atoms with Crippen LogP contribution in [0, 0.1) is 12.8 Å². The van der Waals surface area contributed by atoms with Gasteiger partial charge in [-0.05, 0) is 32.3 Å². The molecule has 0 aliphatic heterocycles. The van der Waals surface area contributed by atoms with Gasteiger partial charge in [0.25, 0.3) is 0 Å². The van der Waals surface area contributed by atoms with Gasteiger partial charge in [-0.2, -0.15) is 0 Å². The second kappa shape index (κ2) is 3.89. The van der Waals surface area contributed by atoms with Gasteiger partial charge in [0.05, 0.1) is 0 Å². The quantitative estimate of drug-likeness (QED) is 0.818. The second-order valence-corrected chi connectivity index (χ2v) is 4.86. The third-order valence-corrected chi connectivity index (χ3v) is 2.90. The molecule has 0 saturated heterocycles. The molecule has 0 aromatic carbocycles. The first kappa shape index (κ1) is 10.6. The van der Waals surface area contributed by atoms with Gasteiger partial charge in [0.2, 0.25) is 0 Å². The summed E-state index contributed by atoms with van der Waals surface area (Å²) >= 11 is 0. The highest BCUT2D eigenvalue weighted by molar-refractivity contribution is 5.17. The van der Waals surface area contributed by atoms with Crippen LogP contribution in [-0.2, 0) is 6.42 Å². The van der Waals surface area contributed by atoms with Gasteiger partial charge in [-0.1, -0.05) is 6.92 Å². The average Bonchev–Trinajstić information content (AvgIpc) is 2.80. The molecule has 3 atom stereocenters. The van der Waals surface area contributed by atoms with Crippen molar-refractivity contribution in [1.29, 1.82) is 0 Å². The fraction of sp³-hybridized carbons (Fsp3) is 0.667. The standard InChI is InChI=1S/C12H19N3/c1-7-4-11(7)12-14-9(3)6-10(15-12)5-8(2)13/h6-8,11H,4-5,13H2,1-3H3. The highest BCUT2D eigenvalue weighted by Crippen LogP contribution is 2.45. The monoisotopic (exact) mass is 205 g/mol. The number of aryl methyl sites for hydroxylation is 1. The summed E-state index contributed by atoms with van der Waals surface area (Å²) in [5.41, 5.74) is 7.94. The van der Waals surface area contributed by atoms with E-state index in [2.05, 4.69) is 16.9 Å². The number of nitrogens with two attached hydrogens (primary N) is 1. The van der Waals surface area contributed by atoms with Gasteiger partial charge in [0.15, 0.2) is 0 Å². The third kappa shape index (κ3) is 2.53. The van der Waals surface area contributed by atoms with Crippen molar-refractivity contribution < 1.29 is 0 Å². The molecule has 0 radical (unpaired) electrons. The van der Waals surface area contributed by atoms with Gasteiger partial charge < -0.3 is 5.73 Å². The highest BCUT2D eigenvalue weighted by Gasteiger charge is 2.36. The molecule has 15 heavy (non-hydrogen) atoms. The van der Waals surface area contributed by atoms with Crippen molar-refractivity contribution in [3.05, 3.63) is 23.3 Å². The van der Waals surface area contributed by atoms with Crippen LogP contribution in [0.25, 0.3) is 0 Å². The molecule has 1 aromatic heterocycles. The zero-order chi connectivity index (χ0) is 11.0. The molecule has 1 fully saturated rings. The van der Waals surface area contributed by atoms with Crippen molar-refractivity contribution in [3.63, 3.8) is 0 Å². The molecule has 0 amide bonds. The van der Waals surface area contributed by atoms with Crippen molar-refractivity contribution in [2.45, 2.75) is 45.6 Å². The van der Waals surface area contributed by atoms with Crippen molar-refractivity contribution >= 4 is 0 Å². The zero-order valence-electron chi connectivity index (χ0n) is 9.70. The Kier molecular flexibility index (Phi) is 2.74. The highest BCUT2D eigenvalue weighted by atomic mass is 14.9. The smallest absolute Gasteiger partial charge is 0.132 e. The second-order valence-electron chi connectivity index (χ2n) is 4.86. The van der Waals surface area contributed by atoms with Gasteiger partial charge in [-0.3, -0.25) is 0 Å². The zero-order valence-corrected chi connectivity index (χ0v) is 9.70. The fourth-order valence-corrected chi connectivity index (χ4v) is 1.94. The lowest BCUT2D eigenvalue weighted by Crippen LogP contribution is -2.19. The third-order valence-electron chi connectivity index (χ3n) is 2.90. The Morgan fingerprint density at radius 3 is 2.73 bits per heavy atom. The van der Waals surface area contributed by atoms with Crippen molar-refractivity contribution in [3.8, 4) is 0 Å². The molecule has 3 nitrogen and oxygen atoms in total. The van der Waals surface area contributed by atoms with E-state index in [9.17, 15) is 0 Å². The molecule has 2 N–H and O–H groups in total. The number of nitrogens with zero attached hydrogens (tertiary/aromatic N) is 2. The van der Waals surface area contributed by atoms with E-state index in [1.54, 1.807) is 0 Å². The molecule has 0 bridgehead atoms. The molecule has 3 heteroatoms. The van der Waals surface area contributed by atoms with E-state index in [4.69, 9.17) is 5.73 Å². The maximum atomic E-state index is 5.78. The van der Waals surface area contributed by atoms with Crippen molar-refractivity contribution in [2.24, 2.45) is 11.7 Å². The van der Waals surface area contributed by atoms with Crippen LogP contribution in [0.3, 0.4) is 0 Å². The number of aromatic nitrogens is 2. The summed E-state index contributed by atoms with van der Waals surface area (Å²) in [6, 6.07) is 2.21. The number of hydrogen-bond acceptors (Lipinski definition) is 3. The predicted molar refractivity (Wildman–Crippen MR) is 60.6 cm³/mol. The molecule has 1 aliphatic carbocycles. The number of rotatable bonds is 3. The van der Waals surface area contributed by atoms with Crippen molar-refractivity contribution in [1.82, 2.24) is 9.97 Å². The molecule has 0 spiro atoms. The minimum Gasteiger partial charge on any atom is -0.328 e. The fourth-order valence-electron chi connectivity index (χ4n) is 1.94. The van der Waals surface area contributed by atoms with E-state index in [1.165, 1.54) is 6.42 Å². The lowest BCUT2D eigenvalue weighted by molar-refractivity contribution is 0.705. The Balaban J connectivity index is 2.21. The van der Waals surface area contributed by atoms with Gasteiger partial charge in [0.1, 0.15) is 5.82 Å². The van der Waals surface area contributed by atoms with E-state index in [-0.39, 0.29) is 6.04 Å². The van der Waals surface area contributed by atoms with Crippen LogP contribution in [0.1, 0.15) is 43.4 Å². The van der Waals surface area contributed by atoms with E-state index >= 15 is 0 Å². The predicted octanol–water partition coefficient (Wildman–Crippen LogP) is 1.80. The molecule has 2 rings (SSSR count). The first-order chi connectivity index (χ1) is 7.06. The van der Waals surface area contributed by atoms with Crippen molar-refractivity contribution in [2.75, 3.05) is 0 Å². The van der Waals surface area contributed by atoms with Crippen LogP contribution < -0.4 is 5.73 Å². The van der Waals surface area contributed by atoms with E-state index in [0.29, 0.717) is 5.92 Å². The normalized spacial score (nSPS) is 26.4. The Bertz CT molecular complexity index is 360. The largest absolute Gasteiger partial charge is 0.328 e. The SMILES string of the molecule is Cc1cc(CC(C)N)nc(C2CC2C)n1. The van der Waals surface area contributed by atoms with Crippen LogP contribution >= 0.6 is 0 Å². The van der Waals surface area contributed by atoms with E-state index in [1.807, 2.05) is 19.9 Å². The minimum absolute atomic E-state index is 0.170.